The van der Waals surface area contributed by atoms with Gasteiger partial charge in [0.25, 0.3) is 0 Å². The molecule has 0 bridgehead atoms. The number of methoxy groups -OCH3 is 1. The Hall–Kier alpha value is -3.60. The number of ether oxygens (including phenoxy) is 7. The smallest absolute Gasteiger partial charge is 0.240 e. The van der Waals surface area contributed by atoms with Crippen molar-refractivity contribution in [1.82, 2.24) is 34.8 Å². The second-order valence-electron chi connectivity index (χ2n) is 19.4. The third-order valence-corrected chi connectivity index (χ3v) is 17.2. The van der Waals surface area contributed by atoms with Crippen LogP contribution in [0.4, 0.5) is 0 Å². The minimum atomic E-state index is -3.80. The van der Waals surface area contributed by atoms with E-state index in [2.05, 4.69) is 29.9 Å². The van der Waals surface area contributed by atoms with Crippen LogP contribution in [0, 0.1) is 0 Å². The molecule has 2 heterocycles. The first-order valence-corrected chi connectivity index (χ1v) is 31.1. The van der Waals surface area contributed by atoms with E-state index in [4.69, 9.17) is 79.6 Å². The molecular formula is C55H75Cl4N7O13S2. The first kappa shape index (κ1) is 66.5. The number of nitrogens with one attached hydrogen (secondary N) is 4. The van der Waals surface area contributed by atoms with Crippen molar-refractivity contribution >= 4 is 78.3 Å². The van der Waals surface area contributed by atoms with Crippen molar-refractivity contribution < 1.29 is 59.6 Å². The number of nitrogens with zero attached hydrogens (tertiary/aromatic N) is 3. The largest absolute Gasteiger partial charge is 0.383 e. The van der Waals surface area contributed by atoms with Crippen molar-refractivity contribution in [3.8, 4) is 0 Å². The summed E-state index contributed by atoms with van der Waals surface area (Å²) in [6, 6.07) is 21.1. The van der Waals surface area contributed by atoms with Gasteiger partial charge in [0.05, 0.1) is 109 Å². The zero-order chi connectivity index (χ0) is 58.2. The monoisotopic (exact) mass is 1250 g/mol. The fraction of sp³-hybridized carbons (Fsp3) is 0.527. The Labute approximate surface area is 496 Å². The summed E-state index contributed by atoms with van der Waals surface area (Å²) < 4.78 is 96.4. The Bertz CT molecular complexity index is 2690. The number of likely N-dealkylation sites (N-methyl/N-ethyl adjacent to an activating group) is 2. The zero-order valence-corrected chi connectivity index (χ0v) is 50.7. The number of amides is 2. The number of halogens is 4. The van der Waals surface area contributed by atoms with Gasteiger partial charge in [-0.1, -0.05) is 70.7 Å². The minimum absolute atomic E-state index is 0.0156. The maximum absolute atomic E-state index is 13.2. The number of hydrogen-bond donors (Lipinski definition) is 4. The van der Waals surface area contributed by atoms with Crippen molar-refractivity contribution in [2.45, 2.75) is 34.7 Å². The predicted octanol–water partition coefficient (Wildman–Crippen LogP) is 4.99. The van der Waals surface area contributed by atoms with Gasteiger partial charge in [0, 0.05) is 97.9 Å². The zero-order valence-electron chi connectivity index (χ0n) is 46.0. The van der Waals surface area contributed by atoms with Crippen LogP contribution in [0.1, 0.15) is 45.2 Å². The van der Waals surface area contributed by atoms with Crippen LogP contribution in [0.3, 0.4) is 0 Å². The molecule has 4 aromatic carbocycles. The van der Waals surface area contributed by atoms with Crippen LogP contribution in [-0.4, -0.2) is 209 Å². The molecule has 2 atom stereocenters. The summed E-state index contributed by atoms with van der Waals surface area (Å²) in [5.74, 6) is -0.740. The maximum Gasteiger partial charge on any atom is 0.240 e. The van der Waals surface area contributed by atoms with Gasteiger partial charge in [-0.15, -0.1) is 0 Å². The topological polar surface area (TPSA) is 225 Å². The normalized spacial score (nSPS) is 15.9. The first-order valence-electron chi connectivity index (χ1n) is 26.7. The summed E-state index contributed by atoms with van der Waals surface area (Å²) in [4.78, 5) is 31.6. The van der Waals surface area contributed by atoms with Crippen molar-refractivity contribution in [3.63, 3.8) is 0 Å². The van der Waals surface area contributed by atoms with Crippen LogP contribution in [0.2, 0.25) is 20.1 Å². The summed E-state index contributed by atoms with van der Waals surface area (Å²) in [5.41, 5.74) is 5.67. The Morgan fingerprint density at radius 2 is 0.901 bits per heavy atom. The summed E-state index contributed by atoms with van der Waals surface area (Å²) in [5, 5.41) is 7.85. The van der Waals surface area contributed by atoms with Gasteiger partial charge in [-0.3, -0.25) is 14.5 Å². The first-order chi connectivity index (χ1) is 38.9. The molecule has 0 saturated heterocycles. The molecule has 4 aromatic rings. The number of sulfonamides is 2. The average Bonchev–Trinajstić information content (AvgIpc) is 3.47. The molecule has 0 radical (unpaired) electrons. The van der Waals surface area contributed by atoms with Crippen molar-refractivity contribution in [3.05, 3.63) is 126 Å². The van der Waals surface area contributed by atoms with E-state index < -0.39 is 20.0 Å². The summed E-state index contributed by atoms with van der Waals surface area (Å²) in [7, 11) is -2.05. The Morgan fingerprint density at radius 3 is 1.28 bits per heavy atom. The Kier molecular flexibility index (Phi) is 28.2. The van der Waals surface area contributed by atoms with E-state index in [1.165, 1.54) is 0 Å². The van der Waals surface area contributed by atoms with E-state index in [1.807, 2.05) is 38.4 Å². The highest BCUT2D eigenvalue weighted by Gasteiger charge is 2.30. The van der Waals surface area contributed by atoms with Gasteiger partial charge < -0.3 is 53.6 Å². The molecule has 4 N–H and O–H groups in total. The van der Waals surface area contributed by atoms with Gasteiger partial charge in [-0.05, 0) is 96.0 Å². The highest BCUT2D eigenvalue weighted by atomic mass is 35.5. The van der Waals surface area contributed by atoms with E-state index in [0.717, 1.165) is 33.4 Å². The quantitative estimate of drug-likeness (QED) is 0.0437. The molecule has 0 spiro atoms. The van der Waals surface area contributed by atoms with Gasteiger partial charge in [-0.25, -0.2) is 26.3 Å². The lowest BCUT2D eigenvalue weighted by Gasteiger charge is -2.33. The van der Waals surface area contributed by atoms with E-state index in [-0.39, 0.29) is 126 Å². The molecule has 81 heavy (non-hydrogen) atoms. The van der Waals surface area contributed by atoms with Crippen LogP contribution in [0.15, 0.2) is 82.6 Å². The Balaban J connectivity index is 0.728. The molecule has 0 unspecified atom stereocenters. The standard InChI is InChI=1S/C55H75Cl4N7O13S2/c1-64-34-48(46-30-42(56)32-52(58)50(46)36-64)40-6-4-8-44(28-40)80(69,70)62-12-17-76-22-26-78-24-20-74-15-10-60-54(67)38-66(14-19-73-3)39-55(68)61-11-16-75-21-25-79-27-23-77-18-13-63-81(71,72)45-9-5-7-41(29-45)49-35-65(2)37-51-47(49)31-43(57)33-53(51)59/h4-9,28-33,48-49,62-63H,10-27,34-39H2,1-3H3,(H,60,67)(H,61,68)/t48-,49-/m0/s1. The third-order valence-electron chi connectivity index (χ3n) is 13.2. The fourth-order valence-electron chi connectivity index (χ4n) is 9.28. The minimum Gasteiger partial charge on any atom is -0.383 e. The molecule has 0 aromatic heterocycles. The summed E-state index contributed by atoms with van der Waals surface area (Å²) in [6.07, 6.45) is 0. The van der Waals surface area contributed by atoms with Gasteiger partial charge in [-0.2, -0.15) is 0 Å². The summed E-state index contributed by atoms with van der Waals surface area (Å²) in [6.45, 7) is 7.18. The number of carbonyl (C=O) groups excluding carboxylic acids is 2. The molecule has 0 saturated carbocycles. The molecule has 2 aliphatic rings. The molecule has 448 valence electrons. The van der Waals surface area contributed by atoms with Crippen LogP contribution in [-0.2, 0) is 75.9 Å². The molecular weight excluding hydrogens is 1170 g/mol. The van der Waals surface area contributed by atoms with Gasteiger partial charge in [0.15, 0.2) is 0 Å². The highest BCUT2D eigenvalue weighted by Crippen LogP contribution is 2.40. The maximum atomic E-state index is 13.2. The molecule has 0 fully saturated rings. The van der Waals surface area contributed by atoms with Crippen molar-refractivity contribution in [2.75, 3.05) is 166 Å². The van der Waals surface area contributed by atoms with Crippen LogP contribution < -0.4 is 20.1 Å². The number of fused-ring (bicyclic) bond motifs is 2. The lowest BCUT2D eigenvalue weighted by atomic mass is 9.85. The lowest BCUT2D eigenvalue weighted by Crippen LogP contribution is -2.45. The highest BCUT2D eigenvalue weighted by molar-refractivity contribution is 7.89. The lowest BCUT2D eigenvalue weighted by molar-refractivity contribution is -0.125. The molecule has 0 aliphatic carbocycles. The Morgan fingerprint density at radius 1 is 0.531 bits per heavy atom. The van der Waals surface area contributed by atoms with Crippen LogP contribution >= 0.6 is 46.4 Å². The number of hydrogen-bond acceptors (Lipinski definition) is 16. The average molecular weight is 1250 g/mol. The SMILES string of the molecule is COCCN(CC(=O)NCCOCCOCCOCCNS(=O)(=O)c1cccc([C@@H]2CN(C)Cc3c(Cl)cc(Cl)cc32)c1)CC(=O)NCCOCCOCCOCCNS(=O)(=O)c1cccc([C@@H]2CN(C)Cc3c(Cl)cc(Cl)cc32)c1. The van der Waals surface area contributed by atoms with Gasteiger partial charge in [0.1, 0.15) is 0 Å². The second-order valence-corrected chi connectivity index (χ2v) is 24.6. The van der Waals surface area contributed by atoms with Gasteiger partial charge >= 0.3 is 0 Å². The third kappa shape index (κ3) is 22.1. The van der Waals surface area contributed by atoms with E-state index >= 15 is 0 Å². The van der Waals surface area contributed by atoms with Crippen LogP contribution in [0.25, 0.3) is 0 Å². The van der Waals surface area contributed by atoms with E-state index in [1.54, 1.807) is 60.5 Å². The number of benzene rings is 4. The second kappa shape index (κ2) is 34.4. The van der Waals surface area contributed by atoms with Crippen LogP contribution in [0.5, 0.6) is 0 Å². The molecule has 2 amide bonds. The van der Waals surface area contributed by atoms with E-state index in [9.17, 15) is 26.4 Å². The van der Waals surface area contributed by atoms with Crippen molar-refractivity contribution in [1.29, 1.82) is 0 Å². The van der Waals surface area contributed by atoms with Crippen molar-refractivity contribution in [2.24, 2.45) is 0 Å². The molecule has 26 heteroatoms. The molecule has 20 nitrogen and oxygen atoms in total. The summed E-state index contributed by atoms with van der Waals surface area (Å²) >= 11 is 25.7. The molecule has 2 aliphatic heterocycles. The number of carbonyl (C=O) groups is 2. The predicted molar refractivity (Wildman–Crippen MR) is 312 cm³/mol. The van der Waals surface area contributed by atoms with Gasteiger partial charge in [0.2, 0.25) is 31.9 Å². The number of rotatable bonds is 37. The molecule has 6 rings (SSSR count). The fourth-order valence-corrected chi connectivity index (χ4v) is 12.6. The van der Waals surface area contributed by atoms with E-state index in [0.29, 0.717) is 85.8 Å².